The van der Waals surface area contributed by atoms with Crippen LogP contribution in [0, 0.1) is 0 Å². The number of amides is 2. The molecule has 5 heteroatoms. The minimum absolute atomic E-state index is 0.173. The van der Waals surface area contributed by atoms with Crippen LogP contribution in [0.25, 0.3) is 0 Å². The molecular weight excluding hydrogens is 220 g/mol. The van der Waals surface area contributed by atoms with Crippen LogP contribution < -0.4 is 11.1 Å². The number of nitrogens with two attached hydrogens (primary N) is 1. The third-order valence-corrected chi connectivity index (χ3v) is 2.01. The average molecular weight is 234 g/mol. The van der Waals surface area contributed by atoms with Gasteiger partial charge >= 0.3 is 6.09 Å². The zero-order valence-corrected chi connectivity index (χ0v) is 9.31. The summed E-state index contributed by atoms with van der Waals surface area (Å²) in [6.45, 7) is 3.93. The van der Waals surface area contributed by atoms with Gasteiger partial charge in [-0.25, -0.2) is 4.79 Å². The number of hydrogen-bond acceptors (Lipinski definition) is 3. The number of ether oxygens (including phenoxy) is 1. The van der Waals surface area contributed by atoms with Gasteiger partial charge in [0, 0.05) is 12.1 Å². The monoisotopic (exact) mass is 234 g/mol. The Hall–Kier alpha value is -2.30. The van der Waals surface area contributed by atoms with Gasteiger partial charge < -0.3 is 15.8 Å². The van der Waals surface area contributed by atoms with E-state index in [1.54, 1.807) is 24.3 Å². The first-order chi connectivity index (χ1) is 8.13. The second kappa shape index (κ2) is 6.32. The lowest BCUT2D eigenvalue weighted by Crippen LogP contribution is -2.23. The molecule has 0 aliphatic rings. The molecule has 0 aliphatic carbocycles. The van der Waals surface area contributed by atoms with Crippen LogP contribution in [0.5, 0.6) is 0 Å². The van der Waals surface area contributed by atoms with Gasteiger partial charge in [0.1, 0.15) is 6.61 Å². The fourth-order valence-corrected chi connectivity index (χ4v) is 1.15. The predicted octanol–water partition coefficient (Wildman–Crippen LogP) is 1.20. The lowest BCUT2D eigenvalue weighted by Gasteiger charge is -2.05. The zero-order valence-electron chi connectivity index (χ0n) is 9.31. The summed E-state index contributed by atoms with van der Waals surface area (Å²) in [5.74, 6) is -0.477. The van der Waals surface area contributed by atoms with Crippen molar-refractivity contribution in [3.63, 3.8) is 0 Å². The van der Waals surface area contributed by atoms with Crippen molar-refractivity contribution in [3.05, 3.63) is 48.0 Å². The summed E-state index contributed by atoms with van der Waals surface area (Å²) in [6.07, 6.45) is 0.977. The van der Waals surface area contributed by atoms with E-state index in [1.807, 2.05) is 0 Å². The molecular formula is C12H14N2O3. The highest BCUT2D eigenvalue weighted by Gasteiger charge is 2.02. The normalized spacial score (nSPS) is 9.41. The summed E-state index contributed by atoms with van der Waals surface area (Å²) in [7, 11) is 0. The third-order valence-electron chi connectivity index (χ3n) is 2.01. The second-order valence-electron chi connectivity index (χ2n) is 3.30. The molecule has 0 saturated carbocycles. The molecule has 0 unspecified atom stereocenters. The smallest absolute Gasteiger partial charge is 0.407 e. The van der Waals surface area contributed by atoms with Gasteiger partial charge in [0.2, 0.25) is 5.91 Å². The first-order valence-electron chi connectivity index (χ1n) is 5.03. The van der Waals surface area contributed by atoms with E-state index >= 15 is 0 Å². The van der Waals surface area contributed by atoms with Crippen LogP contribution in [0.1, 0.15) is 15.9 Å². The molecule has 3 N–H and O–H groups in total. The van der Waals surface area contributed by atoms with E-state index in [0.717, 1.165) is 5.56 Å². The quantitative estimate of drug-likeness (QED) is 0.751. The van der Waals surface area contributed by atoms with Gasteiger partial charge in [-0.15, -0.1) is 0 Å². The molecule has 0 atom stereocenters. The zero-order chi connectivity index (χ0) is 12.7. The van der Waals surface area contributed by atoms with Crippen molar-refractivity contribution in [2.45, 2.75) is 6.54 Å². The molecule has 1 aromatic rings. The van der Waals surface area contributed by atoms with E-state index < -0.39 is 12.0 Å². The van der Waals surface area contributed by atoms with Gasteiger partial charge in [-0.3, -0.25) is 4.79 Å². The molecule has 17 heavy (non-hydrogen) atoms. The molecule has 1 aromatic carbocycles. The third kappa shape index (κ3) is 4.38. The number of primary amides is 1. The Bertz CT molecular complexity index is 412. The number of alkyl carbamates (subject to hydrolysis) is 1. The largest absolute Gasteiger partial charge is 0.445 e. The molecule has 0 saturated heterocycles. The van der Waals surface area contributed by atoms with Gasteiger partial charge in [-0.1, -0.05) is 24.8 Å². The molecule has 90 valence electrons. The van der Waals surface area contributed by atoms with Crippen LogP contribution in [0.2, 0.25) is 0 Å². The lowest BCUT2D eigenvalue weighted by atomic mass is 10.1. The Morgan fingerprint density at radius 1 is 1.35 bits per heavy atom. The summed E-state index contributed by atoms with van der Waals surface area (Å²) in [6, 6.07) is 6.64. The topological polar surface area (TPSA) is 81.4 Å². The van der Waals surface area contributed by atoms with E-state index in [0.29, 0.717) is 12.1 Å². The summed E-state index contributed by atoms with van der Waals surface area (Å²) < 4.78 is 4.73. The van der Waals surface area contributed by atoms with Crippen LogP contribution in [0.15, 0.2) is 36.9 Å². The van der Waals surface area contributed by atoms with E-state index in [-0.39, 0.29) is 6.61 Å². The maximum Gasteiger partial charge on any atom is 0.407 e. The molecule has 0 spiro atoms. The highest BCUT2D eigenvalue weighted by molar-refractivity contribution is 5.92. The first-order valence-corrected chi connectivity index (χ1v) is 5.03. The molecule has 0 fully saturated rings. The van der Waals surface area contributed by atoms with Gasteiger partial charge in [-0.05, 0) is 17.7 Å². The number of benzene rings is 1. The van der Waals surface area contributed by atoms with Crippen molar-refractivity contribution < 1.29 is 14.3 Å². The van der Waals surface area contributed by atoms with E-state index in [2.05, 4.69) is 11.9 Å². The van der Waals surface area contributed by atoms with E-state index in [9.17, 15) is 9.59 Å². The second-order valence-corrected chi connectivity index (χ2v) is 3.30. The van der Waals surface area contributed by atoms with Crippen LogP contribution in [-0.4, -0.2) is 18.6 Å². The van der Waals surface area contributed by atoms with Crippen LogP contribution in [0.4, 0.5) is 4.79 Å². The standard InChI is InChI=1S/C12H14N2O3/c1-2-7-17-12(16)14-8-9-3-5-10(6-4-9)11(13)15/h2-6H,1,7-8H2,(H2,13,15)(H,14,16). The Morgan fingerprint density at radius 3 is 2.53 bits per heavy atom. The van der Waals surface area contributed by atoms with Crippen molar-refractivity contribution in [2.75, 3.05) is 6.61 Å². The summed E-state index contributed by atoms with van der Waals surface area (Å²) in [5, 5.41) is 2.56. The van der Waals surface area contributed by atoms with Gasteiger partial charge in [-0.2, -0.15) is 0 Å². The minimum Gasteiger partial charge on any atom is -0.445 e. The maximum atomic E-state index is 11.1. The fraction of sp³-hybridized carbons (Fsp3) is 0.167. The molecule has 5 nitrogen and oxygen atoms in total. The van der Waals surface area contributed by atoms with Crippen LogP contribution >= 0.6 is 0 Å². The van der Waals surface area contributed by atoms with E-state index in [1.165, 1.54) is 6.08 Å². The Morgan fingerprint density at radius 2 is 2.00 bits per heavy atom. The molecule has 0 bridgehead atoms. The molecule has 2 amide bonds. The van der Waals surface area contributed by atoms with Crippen molar-refractivity contribution >= 4 is 12.0 Å². The number of carbonyl (C=O) groups excluding carboxylic acids is 2. The summed E-state index contributed by atoms with van der Waals surface area (Å²) >= 11 is 0. The van der Waals surface area contributed by atoms with Gasteiger partial charge in [0.05, 0.1) is 0 Å². The SMILES string of the molecule is C=CCOC(=O)NCc1ccc(C(N)=O)cc1. The number of hydrogen-bond donors (Lipinski definition) is 2. The van der Waals surface area contributed by atoms with Crippen LogP contribution in [-0.2, 0) is 11.3 Å². The molecule has 1 rings (SSSR count). The Labute approximate surface area is 99.3 Å². The van der Waals surface area contributed by atoms with Crippen molar-refractivity contribution in [2.24, 2.45) is 5.73 Å². The molecule has 0 radical (unpaired) electrons. The van der Waals surface area contributed by atoms with Crippen molar-refractivity contribution in [1.29, 1.82) is 0 Å². The summed E-state index contributed by atoms with van der Waals surface area (Å²) in [4.78, 5) is 21.9. The van der Waals surface area contributed by atoms with Crippen molar-refractivity contribution in [1.82, 2.24) is 5.32 Å². The minimum atomic E-state index is -0.510. The van der Waals surface area contributed by atoms with E-state index in [4.69, 9.17) is 10.5 Å². The lowest BCUT2D eigenvalue weighted by molar-refractivity contribution is 0.1000. The van der Waals surface area contributed by atoms with Crippen LogP contribution in [0.3, 0.4) is 0 Å². The molecule has 0 heterocycles. The number of nitrogens with one attached hydrogen (secondary N) is 1. The average Bonchev–Trinajstić information content (AvgIpc) is 2.34. The van der Waals surface area contributed by atoms with Gasteiger partial charge in [0.15, 0.2) is 0 Å². The number of rotatable bonds is 5. The first kappa shape index (κ1) is 12.8. The maximum absolute atomic E-state index is 11.1. The highest BCUT2D eigenvalue weighted by Crippen LogP contribution is 2.03. The highest BCUT2D eigenvalue weighted by atomic mass is 16.5. The van der Waals surface area contributed by atoms with Gasteiger partial charge in [0.25, 0.3) is 0 Å². The molecule has 0 aliphatic heterocycles. The fourth-order valence-electron chi connectivity index (χ4n) is 1.15. The summed E-state index contributed by atoms with van der Waals surface area (Å²) in [5.41, 5.74) is 6.39. The predicted molar refractivity (Wildman–Crippen MR) is 63.3 cm³/mol. The van der Waals surface area contributed by atoms with Crippen molar-refractivity contribution in [3.8, 4) is 0 Å². The molecule has 0 aromatic heterocycles. The Kier molecular flexibility index (Phi) is 4.75. The Balaban J connectivity index is 2.44. The number of carbonyl (C=O) groups is 2.